The van der Waals surface area contributed by atoms with E-state index in [4.69, 9.17) is 10.5 Å². The molecule has 0 heterocycles. The number of aryl methyl sites for hydroxylation is 1. The zero-order chi connectivity index (χ0) is 12.8. The first-order valence-corrected chi connectivity index (χ1v) is 7.26. The van der Waals surface area contributed by atoms with Gasteiger partial charge in [-0.2, -0.15) is 0 Å². The number of ether oxygens (including phenoxy) is 1. The van der Waals surface area contributed by atoms with Gasteiger partial charge in [-0.1, -0.05) is 31.0 Å². The Morgan fingerprint density at radius 2 is 1.89 bits per heavy atom. The highest BCUT2D eigenvalue weighted by atomic mass is 16.5. The summed E-state index contributed by atoms with van der Waals surface area (Å²) in [6.07, 6.45) is 9.07. The Bertz CT molecular complexity index is 367. The Morgan fingerprint density at radius 1 is 1.17 bits per heavy atom. The van der Waals surface area contributed by atoms with Crippen LogP contribution in [0.1, 0.15) is 49.7 Å². The summed E-state index contributed by atoms with van der Waals surface area (Å²) in [7, 11) is 0. The van der Waals surface area contributed by atoms with Crippen molar-refractivity contribution in [1.82, 2.24) is 0 Å². The van der Waals surface area contributed by atoms with E-state index in [1.807, 2.05) is 0 Å². The second kappa shape index (κ2) is 6.79. The number of benzene rings is 1. The third-order valence-corrected chi connectivity index (χ3v) is 3.79. The van der Waals surface area contributed by atoms with Crippen LogP contribution in [0.3, 0.4) is 0 Å². The quantitative estimate of drug-likeness (QED) is 0.825. The van der Waals surface area contributed by atoms with Gasteiger partial charge in [0.15, 0.2) is 0 Å². The molecule has 0 unspecified atom stereocenters. The summed E-state index contributed by atoms with van der Waals surface area (Å²) in [5, 5.41) is 0. The molecular formula is C16H25NO. The summed E-state index contributed by atoms with van der Waals surface area (Å²) in [5.74, 6) is 1.09. The Morgan fingerprint density at radius 3 is 2.56 bits per heavy atom. The smallest absolute Gasteiger partial charge is 0.125 e. The Kier molecular flexibility index (Phi) is 5.06. The summed E-state index contributed by atoms with van der Waals surface area (Å²) >= 11 is 0. The summed E-state index contributed by atoms with van der Waals surface area (Å²) in [5.41, 5.74) is 8.19. The Hall–Kier alpha value is -1.02. The minimum Gasteiger partial charge on any atom is -0.490 e. The molecule has 1 fully saturated rings. The predicted octanol–water partition coefficient (Wildman–Crippen LogP) is 3.60. The lowest BCUT2D eigenvalue weighted by molar-refractivity contribution is 0.181. The topological polar surface area (TPSA) is 35.2 Å². The van der Waals surface area contributed by atoms with E-state index in [1.54, 1.807) is 0 Å². The van der Waals surface area contributed by atoms with Crippen LogP contribution in [0, 0.1) is 6.92 Å². The van der Waals surface area contributed by atoms with Gasteiger partial charge >= 0.3 is 0 Å². The van der Waals surface area contributed by atoms with Crippen molar-refractivity contribution in [1.29, 1.82) is 0 Å². The molecule has 0 bridgehead atoms. The summed E-state index contributed by atoms with van der Waals surface area (Å²) in [4.78, 5) is 0. The molecule has 0 atom stereocenters. The monoisotopic (exact) mass is 247 g/mol. The van der Waals surface area contributed by atoms with E-state index < -0.39 is 0 Å². The fourth-order valence-electron chi connectivity index (χ4n) is 2.76. The van der Waals surface area contributed by atoms with Crippen molar-refractivity contribution in [3.63, 3.8) is 0 Å². The van der Waals surface area contributed by atoms with Crippen molar-refractivity contribution in [3.8, 4) is 5.75 Å². The normalized spacial score (nSPS) is 17.4. The molecule has 1 aliphatic rings. The molecular weight excluding hydrogens is 222 g/mol. The molecule has 100 valence electrons. The van der Waals surface area contributed by atoms with Crippen molar-refractivity contribution in [2.45, 2.75) is 58.0 Å². The van der Waals surface area contributed by atoms with Crippen LogP contribution in [-0.4, -0.2) is 12.6 Å². The van der Waals surface area contributed by atoms with Crippen LogP contribution >= 0.6 is 0 Å². The molecule has 2 heteroatoms. The van der Waals surface area contributed by atoms with E-state index in [0.717, 1.165) is 12.2 Å². The van der Waals surface area contributed by atoms with Gasteiger partial charge in [-0.15, -0.1) is 0 Å². The van der Waals surface area contributed by atoms with Gasteiger partial charge in [0, 0.05) is 0 Å². The highest BCUT2D eigenvalue weighted by Crippen LogP contribution is 2.28. The van der Waals surface area contributed by atoms with E-state index in [1.165, 1.54) is 49.7 Å². The van der Waals surface area contributed by atoms with Gasteiger partial charge in [-0.05, 0) is 56.7 Å². The molecule has 0 aromatic heterocycles. The molecule has 0 radical (unpaired) electrons. The number of para-hydroxylation sites is 1. The lowest BCUT2D eigenvalue weighted by Crippen LogP contribution is -2.17. The first-order valence-electron chi connectivity index (χ1n) is 7.26. The van der Waals surface area contributed by atoms with Crippen LogP contribution in [0.2, 0.25) is 0 Å². The third kappa shape index (κ3) is 3.49. The minimum absolute atomic E-state index is 0.408. The second-order valence-electron chi connectivity index (χ2n) is 5.33. The van der Waals surface area contributed by atoms with Gasteiger partial charge in [0.05, 0.1) is 6.10 Å². The molecule has 2 nitrogen and oxygen atoms in total. The van der Waals surface area contributed by atoms with Crippen LogP contribution in [-0.2, 0) is 6.42 Å². The Balaban J connectivity index is 2.10. The SMILES string of the molecule is Cc1cccc(CCN)c1OC1CCCCCC1. The fraction of sp³-hybridized carbons (Fsp3) is 0.625. The molecule has 1 aromatic carbocycles. The maximum Gasteiger partial charge on any atom is 0.125 e. The lowest BCUT2D eigenvalue weighted by Gasteiger charge is -2.21. The number of hydrogen-bond acceptors (Lipinski definition) is 2. The largest absolute Gasteiger partial charge is 0.490 e. The minimum atomic E-state index is 0.408. The molecule has 2 rings (SSSR count). The standard InChI is InChI=1S/C16H25NO/c1-13-7-6-8-14(11-12-17)16(13)18-15-9-4-2-3-5-10-15/h6-8,15H,2-5,9-12,17H2,1H3. The molecule has 0 saturated heterocycles. The summed E-state index contributed by atoms with van der Waals surface area (Å²) in [6, 6.07) is 6.37. The number of nitrogens with two attached hydrogens (primary N) is 1. The molecule has 0 spiro atoms. The third-order valence-electron chi connectivity index (χ3n) is 3.79. The fourth-order valence-corrected chi connectivity index (χ4v) is 2.76. The van der Waals surface area contributed by atoms with Gasteiger partial charge < -0.3 is 10.5 Å². The maximum absolute atomic E-state index is 6.29. The van der Waals surface area contributed by atoms with Gasteiger partial charge in [-0.25, -0.2) is 0 Å². The molecule has 0 amide bonds. The van der Waals surface area contributed by atoms with Crippen molar-refractivity contribution in [2.24, 2.45) is 5.73 Å². The predicted molar refractivity (Wildman–Crippen MR) is 76.1 cm³/mol. The van der Waals surface area contributed by atoms with Crippen LogP contribution in [0.5, 0.6) is 5.75 Å². The van der Waals surface area contributed by atoms with Crippen LogP contribution in [0.25, 0.3) is 0 Å². The Labute approximate surface area is 111 Å². The number of rotatable bonds is 4. The summed E-state index contributed by atoms with van der Waals surface area (Å²) in [6.45, 7) is 2.82. The molecule has 18 heavy (non-hydrogen) atoms. The first kappa shape index (κ1) is 13.4. The maximum atomic E-state index is 6.29. The van der Waals surface area contributed by atoms with E-state index in [-0.39, 0.29) is 0 Å². The van der Waals surface area contributed by atoms with Crippen LogP contribution in [0.15, 0.2) is 18.2 Å². The van der Waals surface area contributed by atoms with Gasteiger partial charge in [0.25, 0.3) is 0 Å². The molecule has 1 saturated carbocycles. The second-order valence-corrected chi connectivity index (χ2v) is 5.33. The van der Waals surface area contributed by atoms with E-state index in [9.17, 15) is 0 Å². The van der Waals surface area contributed by atoms with Crippen LogP contribution in [0.4, 0.5) is 0 Å². The average molecular weight is 247 g/mol. The van der Waals surface area contributed by atoms with Crippen LogP contribution < -0.4 is 10.5 Å². The average Bonchev–Trinajstić information content (AvgIpc) is 2.62. The zero-order valence-corrected chi connectivity index (χ0v) is 11.5. The van der Waals surface area contributed by atoms with E-state index >= 15 is 0 Å². The molecule has 2 N–H and O–H groups in total. The van der Waals surface area contributed by atoms with Crippen molar-refractivity contribution < 1.29 is 4.74 Å². The van der Waals surface area contributed by atoms with E-state index in [0.29, 0.717) is 12.6 Å². The van der Waals surface area contributed by atoms with Crippen molar-refractivity contribution in [2.75, 3.05) is 6.54 Å². The van der Waals surface area contributed by atoms with E-state index in [2.05, 4.69) is 25.1 Å². The molecule has 1 aromatic rings. The van der Waals surface area contributed by atoms with Gasteiger partial charge in [-0.3, -0.25) is 0 Å². The van der Waals surface area contributed by atoms with Gasteiger partial charge in [0.2, 0.25) is 0 Å². The summed E-state index contributed by atoms with van der Waals surface area (Å²) < 4.78 is 6.29. The van der Waals surface area contributed by atoms with Crippen molar-refractivity contribution in [3.05, 3.63) is 29.3 Å². The lowest BCUT2D eigenvalue weighted by atomic mass is 10.1. The highest BCUT2D eigenvalue weighted by Gasteiger charge is 2.16. The van der Waals surface area contributed by atoms with Gasteiger partial charge in [0.1, 0.15) is 5.75 Å². The number of hydrogen-bond donors (Lipinski definition) is 1. The molecule has 1 aliphatic carbocycles. The highest BCUT2D eigenvalue weighted by molar-refractivity contribution is 5.41. The first-order chi connectivity index (χ1) is 8.81. The zero-order valence-electron chi connectivity index (χ0n) is 11.5. The van der Waals surface area contributed by atoms with Crippen molar-refractivity contribution >= 4 is 0 Å². The molecule has 0 aliphatic heterocycles.